The highest BCUT2D eigenvalue weighted by Gasteiger charge is 2.36. The SMILES string of the molecule is CC(C)(C(=O)Nc1ccc(F)cc1F)C(=O)Nc1ccccc1Cl. The maximum atomic E-state index is 13.6. The molecule has 0 heterocycles. The molecule has 0 spiro atoms. The molecular formula is C17H15ClF2N2O2. The van der Waals surface area contributed by atoms with E-state index in [0.29, 0.717) is 16.8 Å². The maximum absolute atomic E-state index is 13.6. The fourth-order valence-electron chi connectivity index (χ4n) is 1.81. The van der Waals surface area contributed by atoms with Crippen molar-refractivity contribution in [2.45, 2.75) is 13.8 Å². The zero-order valence-corrected chi connectivity index (χ0v) is 13.7. The first kappa shape index (κ1) is 17.9. The highest BCUT2D eigenvalue weighted by molar-refractivity contribution is 6.34. The Kier molecular flexibility index (Phi) is 5.19. The van der Waals surface area contributed by atoms with Gasteiger partial charge in [0, 0.05) is 6.07 Å². The van der Waals surface area contributed by atoms with E-state index in [1.807, 2.05) is 0 Å². The number of carbonyl (C=O) groups is 2. The van der Waals surface area contributed by atoms with Crippen LogP contribution in [0.15, 0.2) is 42.5 Å². The van der Waals surface area contributed by atoms with Crippen LogP contribution in [0.1, 0.15) is 13.8 Å². The minimum Gasteiger partial charge on any atom is -0.324 e. The molecule has 0 saturated carbocycles. The Balaban J connectivity index is 2.14. The van der Waals surface area contributed by atoms with E-state index in [2.05, 4.69) is 10.6 Å². The molecule has 2 amide bonds. The number of rotatable bonds is 4. The van der Waals surface area contributed by atoms with E-state index >= 15 is 0 Å². The molecule has 4 nitrogen and oxygen atoms in total. The molecule has 0 fully saturated rings. The summed E-state index contributed by atoms with van der Waals surface area (Å²) in [5.74, 6) is -3.04. The second-order valence-corrected chi connectivity index (χ2v) is 6.04. The standard InChI is InChI=1S/C17H15ClF2N2O2/c1-17(2,15(23)21-13-6-4-3-5-11(13)18)16(24)22-14-8-7-10(19)9-12(14)20/h3-9H,1-2H3,(H,21,23)(H,22,24). The highest BCUT2D eigenvalue weighted by Crippen LogP contribution is 2.26. The molecule has 126 valence electrons. The van der Waals surface area contributed by atoms with Gasteiger partial charge in [-0.3, -0.25) is 9.59 Å². The van der Waals surface area contributed by atoms with Gasteiger partial charge in [-0.05, 0) is 38.1 Å². The van der Waals surface area contributed by atoms with Crippen LogP contribution < -0.4 is 10.6 Å². The van der Waals surface area contributed by atoms with Gasteiger partial charge in [0.25, 0.3) is 0 Å². The highest BCUT2D eigenvalue weighted by atomic mass is 35.5. The molecule has 2 rings (SSSR count). The van der Waals surface area contributed by atoms with Crippen LogP contribution in [0.2, 0.25) is 5.02 Å². The fraction of sp³-hybridized carbons (Fsp3) is 0.176. The van der Waals surface area contributed by atoms with E-state index in [4.69, 9.17) is 11.6 Å². The molecule has 0 radical (unpaired) electrons. The Morgan fingerprint density at radius 1 is 0.958 bits per heavy atom. The predicted octanol–water partition coefficient (Wildman–Crippen LogP) is 4.22. The third kappa shape index (κ3) is 3.89. The number of halogens is 3. The summed E-state index contributed by atoms with van der Waals surface area (Å²) in [6.45, 7) is 2.77. The van der Waals surface area contributed by atoms with Crippen LogP contribution in [-0.4, -0.2) is 11.8 Å². The predicted molar refractivity (Wildman–Crippen MR) is 88.9 cm³/mol. The zero-order chi connectivity index (χ0) is 17.9. The summed E-state index contributed by atoms with van der Waals surface area (Å²) in [7, 11) is 0. The van der Waals surface area contributed by atoms with Crippen molar-refractivity contribution < 1.29 is 18.4 Å². The smallest absolute Gasteiger partial charge is 0.239 e. The van der Waals surface area contributed by atoms with Gasteiger partial charge in [0.2, 0.25) is 11.8 Å². The average molecular weight is 353 g/mol. The van der Waals surface area contributed by atoms with Crippen molar-refractivity contribution in [3.05, 3.63) is 59.1 Å². The largest absolute Gasteiger partial charge is 0.324 e. The van der Waals surface area contributed by atoms with Gasteiger partial charge in [-0.1, -0.05) is 23.7 Å². The van der Waals surface area contributed by atoms with Crippen LogP contribution in [0.3, 0.4) is 0 Å². The van der Waals surface area contributed by atoms with E-state index in [1.54, 1.807) is 24.3 Å². The molecule has 2 N–H and O–H groups in total. The van der Waals surface area contributed by atoms with Gasteiger partial charge in [-0.15, -0.1) is 0 Å². The van der Waals surface area contributed by atoms with Gasteiger partial charge < -0.3 is 10.6 Å². The molecule has 0 unspecified atom stereocenters. The van der Waals surface area contributed by atoms with Crippen LogP contribution in [0.5, 0.6) is 0 Å². The summed E-state index contributed by atoms with van der Waals surface area (Å²) in [5, 5.41) is 5.17. The second kappa shape index (κ2) is 6.97. The van der Waals surface area contributed by atoms with Gasteiger partial charge in [-0.25, -0.2) is 8.78 Å². The Hall–Kier alpha value is -2.47. The quantitative estimate of drug-likeness (QED) is 0.809. The molecule has 0 aliphatic rings. The van der Waals surface area contributed by atoms with Crippen molar-refractivity contribution >= 4 is 34.8 Å². The lowest BCUT2D eigenvalue weighted by molar-refractivity contribution is -0.135. The zero-order valence-electron chi connectivity index (χ0n) is 13.0. The number of carbonyl (C=O) groups excluding carboxylic acids is 2. The summed E-state index contributed by atoms with van der Waals surface area (Å²) in [6.07, 6.45) is 0. The normalized spacial score (nSPS) is 11.0. The first-order valence-electron chi connectivity index (χ1n) is 7.04. The van der Waals surface area contributed by atoms with Crippen molar-refractivity contribution in [1.82, 2.24) is 0 Å². The monoisotopic (exact) mass is 352 g/mol. The summed E-state index contributed by atoms with van der Waals surface area (Å²) < 4.78 is 26.5. The Morgan fingerprint density at radius 3 is 2.12 bits per heavy atom. The van der Waals surface area contributed by atoms with Crippen molar-refractivity contribution in [3.63, 3.8) is 0 Å². The van der Waals surface area contributed by atoms with Crippen LogP contribution in [-0.2, 0) is 9.59 Å². The maximum Gasteiger partial charge on any atom is 0.239 e. The van der Waals surface area contributed by atoms with Crippen LogP contribution >= 0.6 is 11.6 Å². The van der Waals surface area contributed by atoms with Crippen LogP contribution in [0.4, 0.5) is 20.2 Å². The Labute approximate surface area is 142 Å². The van der Waals surface area contributed by atoms with E-state index in [9.17, 15) is 18.4 Å². The van der Waals surface area contributed by atoms with Gasteiger partial charge in [0.15, 0.2) is 0 Å². The fourth-order valence-corrected chi connectivity index (χ4v) is 2.00. The summed E-state index contributed by atoms with van der Waals surface area (Å²) in [4.78, 5) is 24.7. The first-order valence-corrected chi connectivity index (χ1v) is 7.42. The third-order valence-corrected chi connectivity index (χ3v) is 3.77. The molecule has 0 aliphatic heterocycles. The molecule has 0 atom stereocenters. The summed E-state index contributed by atoms with van der Waals surface area (Å²) in [5.41, 5.74) is -1.36. The molecule has 0 aliphatic carbocycles. The topological polar surface area (TPSA) is 58.2 Å². The lowest BCUT2D eigenvalue weighted by Crippen LogP contribution is -2.41. The molecule has 7 heteroatoms. The first-order chi connectivity index (χ1) is 11.2. The number of nitrogens with one attached hydrogen (secondary N) is 2. The van der Waals surface area contributed by atoms with Crippen molar-refractivity contribution in [2.24, 2.45) is 5.41 Å². The van der Waals surface area contributed by atoms with Gasteiger partial charge in [0.1, 0.15) is 17.0 Å². The van der Waals surface area contributed by atoms with E-state index < -0.39 is 28.9 Å². The average Bonchev–Trinajstić information content (AvgIpc) is 2.52. The lowest BCUT2D eigenvalue weighted by Gasteiger charge is -2.23. The third-order valence-electron chi connectivity index (χ3n) is 3.44. The Morgan fingerprint density at radius 2 is 1.54 bits per heavy atom. The van der Waals surface area contributed by atoms with Gasteiger partial charge in [0.05, 0.1) is 16.4 Å². The number of benzene rings is 2. The van der Waals surface area contributed by atoms with E-state index in [-0.39, 0.29) is 5.69 Å². The number of anilines is 2. The summed E-state index contributed by atoms with van der Waals surface area (Å²) in [6, 6.07) is 9.31. The molecule has 24 heavy (non-hydrogen) atoms. The molecule has 0 bridgehead atoms. The minimum atomic E-state index is -1.51. The number of hydrogen-bond donors (Lipinski definition) is 2. The van der Waals surface area contributed by atoms with Crippen molar-refractivity contribution in [3.8, 4) is 0 Å². The van der Waals surface area contributed by atoms with Gasteiger partial charge >= 0.3 is 0 Å². The molecule has 2 aromatic rings. The number of hydrogen-bond acceptors (Lipinski definition) is 2. The van der Waals surface area contributed by atoms with Crippen LogP contribution in [0, 0.1) is 17.0 Å². The van der Waals surface area contributed by atoms with Gasteiger partial charge in [-0.2, -0.15) is 0 Å². The lowest BCUT2D eigenvalue weighted by atomic mass is 9.90. The van der Waals surface area contributed by atoms with Crippen molar-refractivity contribution in [2.75, 3.05) is 10.6 Å². The second-order valence-electron chi connectivity index (χ2n) is 5.64. The number of para-hydroxylation sites is 1. The molecule has 0 aromatic heterocycles. The molecular weight excluding hydrogens is 338 g/mol. The van der Waals surface area contributed by atoms with E-state index in [0.717, 1.165) is 12.1 Å². The van der Waals surface area contributed by atoms with Crippen molar-refractivity contribution in [1.29, 1.82) is 0 Å². The Bertz CT molecular complexity index is 794. The molecule has 2 aromatic carbocycles. The molecule has 0 saturated heterocycles. The van der Waals surface area contributed by atoms with E-state index in [1.165, 1.54) is 13.8 Å². The summed E-state index contributed by atoms with van der Waals surface area (Å²) >= 11 is 5.96. The van der Waals surface area contributed by atoms with Crippen LogP contribution in [0.25, 0.3) is 0 Å². The minimum absolute atomic E-state index is 0.208. The number of amides is 2.